The number of aromatic nitrogens is 4. The molecule has 0 saturated heterocycles. The second-order valence-electron chi connectivity index (χ2n) is 3.86. The molecule has 9 heteroatoms. The highest BCUT2D eigenvalue weighted by molar-refractivity contribution is 7.89. The molecule has 0 aliphatic heterocycles. The topological polar surface area (TPSA) is 127 Å². The van der Waals surface area contributed by atoms with Crippen LogP contribution in [0.3, 0.4) is 0 Å². The minimum Gasteiger partial charge on any atom is -0.326 e. The Morgan fingerprint density at radius 2 is 2.26 bits per heavy atom. The third kappa shape index (κ3) is 2.95. The van der Waals surface area contributed by atoms with Crippen LogP contribution in [-0.2, 0) is 23.1 Å². The summed E-state index contributed by atoms with van der Waals surface area (Å²) in [7, 11) is -3.71. The van der Waals surface area contributed by atoms with E-state index in [9.17, 15) is 8.42 Å². The largest absolute Gasteiger partial charge is 0.326 e. The van der Waals surface area contributed by atoms with Crippen molar-refractivity contribution < 1.29 is 8.42 Å². The van der Waals surface area contributed by atoms with Crippen LogP contribution < -0.4 is 10.5 Å². The molecule has 0 radical (unpaired) electrons. The molecule has 8 nitrogen and oxygen atoms in total. The molecule has 4 N–H and O–H groups in total. The summed E-state index contributed by atoms with van der Waals surface area (Å²) in [6.45, 7) is 1.89. The number of sulfonamides is 1. The Labute approximate surface area is 110 Å². The third-order valence-corrected chi connectivity index (χ3v) is 3.95. The van der Waals surface area contributed by atoms with Gasteiger partial charge in [-0.3, -0.25) is 5.10 Å². The second kappa shape index (κ2) is 5.43. The molecule has 0 aromatic carbocycles. The van der Waals surface area contributed by atoms with Crippen LogP contribution in [0.1, 0.15) is 17.0 Å². The summed E-state index contributed by atoms with van der Waals surface area (Å²) in [6.07, 6.45) is 2.90. The lowest BCUT2D eigenvalue weighted by molar-refractivity contribution is 0.574. The summed E-state index contributed by atoms with van der Waals surface area (Å²) in [5.41, 5.74) is 7.22. The number of hydrogen-bond acceptors (Lipinski definition) is 6. The molecule has 0 saturated carbocycles. The summed E-state index contributed by atoms with van der Waals surface area (Å²) in [5, 5.41) is 6.33. The zero-order valence-corrected chi connectivity index (χ0v) is 11.1. The van der Waals surface area contributed by atoms with Crippen molar-refractivity contribution in [2.75, 3.05) is 0 Å². The van der Waals surface area contributed by atoms with E-state index in [1.807, 2.05) is 0 Å². The zero-order valence-electron chi connectivity index (χ0n) is 10.3. The van der Waals surface area contributed by atoms with Gasteiger partial charge in [-0.15, -0.1) is 0 Å². The fourth-order valence-corrected chi connectivity index (χ4v) is 2.75. The van der Waals surface area contributed by atoms with Gasteiger partial charge in [0, 0.05) is 24.0 Å². The lowest BCUT2D eigenvalue weighted by Gasteiger charge is -2.05. The maximum atomic E-state index is 12.1. The molecule has 0 fully saturated rings. The highest BCUT2D eigenvalue weighted by atomic mass is 32.2. The molecular formula is C10H14N6O2S. The summed E-state index contributed by atoms with van der Waals surface area (Å²) in [6, 6.07) is 1.63. The van der Waals surface area contributed by atoms with Gasteiger partial charge in [-0.05, 0) is 13.0 Å². The van der Waals surface area contributed by atoms with Crippen molar-refractivity contribution in [2.45, 2.75) is 25.0 Å². The number of H-pyrrole nitrogens is 1. The predicted octanol–water partition coefficient (Wildman–Crippen LogP) is -0.555. The first-order valence-corrected chi connectivity index (χ1v) is 7.01. The Kier molecular flexibility index (Phi) is 3.88. The highest BCUT2D eigenvalue weighted by Crippen LogP contribution is 2.15. The lowest BCUT2D eigenvalue weighted by atomic mass is 10.3. The molecule has 2 aromatic rings. The van der Waals surface area contributed by atoms with Gasteiger partial charge >= 0.3 is 0 Å². The van der Waals surface area contributed by atoms with Gasteiger partial charge in [0.2, 0.25) is 0 Å². The molecule has 19 heavy (non-hydrogen) atoms. The van der Waals surface area contributed by atoms with E-state index in [4.69, 9.17) is 5.73 Å². The van der Waals surface area contributed by atoms with Gasteiger partial charge in [0.1, 0.15) is 6.33 Å². The Hall–Kier alpha value is -1.84. The number of nitrogens with one attached hydrogen (secondary N) is 2. The van der Waals surface area contributed by atoms with Crippen molar-refractivity contribution in [1.82, 2.24) is 24.9 Å². The van der Waals surface area contributed by atoms with Gasteiger partial charge in [0.15, 0.2) is 5.03 Å². The molecule has 102 valence electrons. The molecule has 0 unspecified atom stereocenters. The quantitative estimate of drug-likeness (QED) is 0.675. The molecule has 0 aliphatic rings. The minimum absolute atomic E-state index is 0.0680. The Balaban J connectivity index is 2.19. The molecule has 0 aliphatic carbocycles. The Morgan fingerprint density at radius 3 is 2.89 bits per heavy atom. The standard InChI is InChI=1S/C10H14N6O2S/c1-7-9(4-11)10(16-15-7)19(17,18)14-5-8-2-3-12-6-13-8/h2-3,6,14H,4-5,11H2,1H3,(H,15,16). The monoisotopic (exact) mass is 282 g/mol. The van der Waals surface area contributed by atoms with Gasteiger partial charge in [0.05, 0.1) is 12.2 Å². The summed E-state index contributed by atoms with van der Waals surface area (Å²) in [4.78, 5) is 7.69. The Bertz CT molecular complexity index is 652. The number of rotatable bonds is 5. The number of nitrogens with zero attached hydrogens (tertiary/aromatic N) is 3. The van der Waals surface area contributed by atoms with Crippen LogP contribution in [0.2, 0.25) is 0 Å². The van der Waals surface area contributed by atoms with Gasteiger partial charge in [-0.1, -0.05) is 0 Å². The van der Waals surface area contributed by atoms with E-state index in [1.165, 1.54) is 6.33 Å². The van der Waals surface area contributed by atoms with Crippen molar-refractivity contribution in [3.8, 4) is 0 Å². The maximum Gasteiger partial charge on any atom is 0.260 e. The molecule has 2 rings (SSSR count). The van der Waals surface area contributed by atoms with E-state index in [2.05, 4.69) is 24.9 Å². The molecule has 0 amide bonds. The fourth-order valence-electron chi connectivity index (χ4n) is 1.55. The van der Waals surface area contributed by atoms with Gasteiger partial charge in [0.25, 0.3) is 10.0 Å². The van der Waals surface area contributed by atoms with Crippen LogP contribution in [0, 0.1) is 6.92 Å². The highest BCUT2D eigenvalue weighted by Gasteiger charge is 2.22. The van der Waals surface area contributed by atoms with E-state index >= 15 is 0 Å². The summed E-state index contributed by atoms with van der Waals surface area (Å²) >= 11 is 0. The molecule has 0 bridgehead atoms. The van der Waals surface area contributed by atoms with E-state index in [0.717, 1.165) is 0 Å². The van der Waals surface area contributed by atoms with Crippen LogP contribution in [0.4, 0.5) is 0 Å². The maximum absolute atomic E-state index is 12.1. The van der Waals surface area contributed by atoms with Crippen LogP contribution in [0.5, 0.6) is 0 Å². The van der Waals surface area contributed by atoms with Crippen molar-refractivity contribution in [2.24, 2.45) is 5.73 Å². The van der Waals surface area contributed by atoms with E-state index in [1.54, 1.807) is 19.2 Å². The molecular weight excluding hydrogens is 268 g/mol. The van der Waals surface area contributed by atoms with E-state index in [-0.39, 0.29) is 18.1 Å². The first-order valence-electron chi connectivity index (χ1n) is 5.53. The average Bonchev–Trinajstić information content (AvgIpc) is 2.79. The summed E-state index contributed by atoms with van der Waals surface area (Å²) < 4.78 is 26.6. The van der Waals surface area contributed by atoms with Gasteiger partial charge in [-0.25, -0.2) is 23.1 Å². The molecule has 0 atom stereocenters. The molecule has 0 spiro atoms. The molecule has 2 aromatic heterocycles. The van der Waals surface area contributed by atoms with Crippen molar-refractivity contribution in [3.05, 3.63) is 35.5 Å². The second-order valence-corrected chi connectivity index (χ2v) is 5.54. The fraction of sp³-hybridized carbons (Fsp3) is 0.300. The first-order chi connectivity index (χ1) is 9.04. The zero-order chi connectivity index (χ0) is 13.9. The van der Waals surface area contributed by atoms with Crippen LogP contribution in [-0.4, -0.2) is 28.6 Å². The number of aromatic amines is 1. The SMILES string of the molecule is Cc1[nH]nc(S(=O)(=O)NCc2ccncn2)c1CN. The minimum atomic E-state index is -3.71. The first kappa shape index (κ1) is 13.6. The number of hydrogen-bond donors (Lipinski definition) is 3. The lowest BCUT2D eigenvalue weighted by Crippen LogP contribution is -2.25. The number of aryl methyl sites for hydroxylation is 1. The van der Waals surface area contributed by atoms with Gasteiger partial charge in [-0.2, -0.15) is 5.10 Å². The number of nitrogens with two attached hydrogens (primary N) is 1. The van der Waals surface area contributed by atoms with E-state index < -0.39 is 10.0 Å². The summed E-state index contributed by atoms with van der Waals surface area (Å²) in [5.74, 6) is 0. The van der Waals surface area contributed by atoms with Gasteiger partial charge < -0.3 is 5.73 Å². The normalized spacial score (nSPS) is 11.7. The van der Waals surface area contributed by atoms with Crippen LogP contribution in [0.25, 0.3) is 0 Å². The smallest absolute Gasteiger partial charge is 0.260 e. The third-order valence-electron chi connectivity index (χ3n) is 2.58. The predicted molar refractivity (Wildman–Crippen MR) is 67.3 cm³/mol. The van der Waals surface area contributed by atoms with Crippen molar-refractivity contribution in [1.29, 1.82) is 0 Å². The van der Waals surface area contributed by atoms with Crippen molar-refractivity contribution >= 4 is 10.0 Å². The van der Waals surface area contributed by atoms with Crippen LogP contribution >= 0.6 is 0 Å². The molecule has 2 heterocycles. The average molecular weight is 282 g/mol. The van der Waals surface area contributed by atoms with Crippen LogP contribution in [0.15, 0.2) is 23.6 Å². The Morgan fingerprint density at radius 1 is 1.47 bits per heavy atom. The van der Waals surface area contributed by atoms with E-state index in [0.29, 0.717) is 17.0 Å². The van der Waals surface area contributed by atoms with Crippen molar-refractivity contribution in [3.63, 3.8) is 0 Å².